The number of imide groups is 1. The lowest BCUT2D eigenvalue weighted by Crippen LogP contribution is -2.48. The Morgan fingerprint density at radius 2 is 2.33 bits per heavy atom. The van der Waals surface area contributed by atoms with Crippen molar-refractivity contribution >= 4 is 46.1 Å². The zero-order valence-corrected chi connectivity index (χ0v) is 13.9. The molecule has 10 nitrogen and oxygen atoms in total. The molecule has 0 spiro atoms. The van der Waals surface area contributed by atoms with Crippen molar-refractivity contribution in [2.45, 2.75) is 18.2 Å². The van der Waals surface area contributed by atoms with Crippen molar-refractivity contribution in [2.24, 2.45) is 0 Å². The summed E-state index contributed by atoms with van der Waals surface area (Å²) in [6.07, 6.45) is 1.83. The summed E-state index contributed by atoms with van der Waals surface area (Å²) in [5.74, 6) is -0.199. The van der Waals surface area contributed by atoms with Gasteiger partial charge >= 0.3 is 6.03 Å². The number of nitrogens with zero attached hydrogens (tertiary/aromatic N) is 4. The highest BCUT2D eigenvalue weighted by atomic mass is 32.2. The van der Waals surface area contributed by atoms with Crippen LogP contribution in [0.4, 0.5) is 9.93 Å². The molecule has 3 heterocycles. The highest BCUT2D eigenvalue weighted by Gasteiger charge is 2.24. The Hall–Kier alpha value is -2.47. The third-order valence-electron chi connectivity index (χ3n) is 2.92. The quantitative estimate of drug-likeness (QED) is 0.713. The molecule has 0 radical (unpaired) electrons. The van der Waals surface area contributed by atoms with Gasteiger partial charge in [-0.3, -0.25) is 14.9 Å². The SMILES string of the molecule is O=C1CCN(Cc2nnc(SCC(=O)Nc3nccs3)o2)C(=O)N1. The van der Waals surface area contributed by atoms with Crippen LogP contribution in [0.25, 0.3) is 0 Å². The van der Waals surface area contributed by atoms with Gasteiger partial charge < -0.3 is 14.6 Å². The van der Waals surface area contributed by atoms with Gasteiger partial charge in [-0.15, -0.1) is 21.5 Å². The number of thiazole rings is 1. The summed E-state index contributed by atoms with van der Waals surface area (Å²) in [6, 6.07) is -0.485. The second-order valence-corrected chi connectivity index (χ2v) is 6.48. The smallest absolute Gasteiger partial charge is 0.324 e. The van der Waals surface area contributed by atoms with Crippen LogP contribution in [0, 0.1) is 0 Å². The second-order valence-electron chi connectivity index (χ2n) is 4.66. The zero-order valence-electron chi connectivity index (χ0n) is 12.2. The fourth-order valence-electron chi connectivity index (χ4n) is 1.84. The molecule has 0 aliphatic carbocycles. The Labute approximate surface area is 144 Å². The van der Waals surface area contributed by atoms with Gasteiger partial charge in [0.25, 0.3) is 5.22 Å². The van der Waals surface area contributed by atoms with Crippen molar-refractivity contribution in [1.82, 2.24) is 25.4 Å². The number of hydrogen-bond acceptors (Lipinski definition) is 9. The van der Waals surface area contributed by atoms with Crippen molar-refractivity contribution in [1.29, 1.82) is 0 Å². The number of nitrogens with one attached hydrogen (secondary N) is 2. The first-order valence-corrected chi connectivity index (χ1v) is 8.70. The highest BCUT2D eigenvalue weighted by Crippen LogP contribution is 2.18. The Bertz CT molecular complexity index is 747. The standard InChI is InChI=1S/C12H12N6O4S2/c19-7-1-3-18(11(21)15-7)5-9-16-17-12(22-9)24-6-8(20)14-10-13-2-4-23-10/h2,4H,1,3,5-6H2,(H,13,14,20)(H,15,19,21). The van der Waals surface area contributed by atoms with E-state index in [4.69, 9.17) is 4.42 Å². The van der Waals surface area contributed by atoms with E-state index in [1.165, 1.54) is 16.2 Å². The minimum Gasteiger partial charge on any atom is -0.414 e. The van der Waals surface area contributed by atoms with Crippen molar-refractivity contribution < 1.29 is 18.8 Å². The molecule has 12 heteroatoms. The van der Waals surface area contributed by atoms with E-state index in [0.717, 1.165) is 11.8 Å². The van der Waals surface area contributed by atoms with Gasteiger partial charge in [0.2, 0.25) is 17.7 Å². The monoisotopic (exact) mass is 368 g/mol. The van der Waals surface area contributed by atoms with Crippen LogP contribution in [0.1, 0.15) is 12.3 Å². The van der Waals surface area contributed by atoms with E-state index < -0.39 is 6.03 Å². The second kappa shape index (κ2) is 7.40. The molecule has 1 aliphatic heterocycles. The number of urea groups is 1. The molecule has 126 valence electrons. The third kappa shape index (κ3) is 4.29. The van der Waals surface area contributed by atoms with Crippen molar-refractivity contribution in [3.05, 3.63) is 17.5 Å². The van der Waals surface area contributed by atoms with Crippen LogP contribution in [0.15, 0.2) is 21.2 Å². The van der Waals surface area contributed by atoms with Crippen LogP contribution in [-0.2, 0) is 16.1 Å². The molecule has 24 heavy (non-hydrogen) atoms. The molecule has 0 bridgehead atoms. The minimum absolute atomic E-state index is 0.0971. The van der Waals surface area contributed by atoms with Gasteiger partial charge in [0, 0.05) is 24.5 Å². The fraction of sp³-hybridized carbons (Fsp3) is 0.333. The lowest BCUT2D eigenvalue weighted by Gasteiger charge is -2.24. The molecular weight excluding hydrogens is 356 g/mol. The molecule has 1 aliphatic rings. The summed E-state index contributed by atoms with van der Waals surface area (Å²) >= 11 is 2.41. The molecule has 1 fully saturated rings. The molecular formula is C12H12N6O4S2. The Morgan fingerprint density at radius 3 is 3.08 bits per heavy atom. The summed E-state index contributed by atoms with van der Waals surface area (Å²) in [7, 11) is 0. The Balaban J connectivity index is 1.47. The maximum atomic E-state index is 11.7. The van der Waals surface area contributed by atoms with Crippen LogP contribution in [0.2, 0.25) is 0 Å². The molecule has 0 saturated carbocycles. The van der Waals surface area contributed by atoms with Gasteiger partial charge in [-0.1, -0.05) is 11.8 Å². The lowest BCUT2D eigenvalue weighted by atomic mass is 10.3. The van der Waals surface area contributed by atoms with Gasteiger partial charge in [-0.25, -0.2) is 9.78 Å². The largest absolute Gasteiger partial charge is 0.414 e. The molecule has 4 amide bonds. The normalized spacial score (nSPS) is 14.6. The van der Waals surface area contributed by atoms with Gasteiger partial charge in [-0.2, -0.15) is 0 Å². The summed E-state index contributed by atoms with van der Waals surface area (Å²) in [5, 5.41) is 15.0. The van der Waals surface area contributed by atoms with E-state index in [9.17, 15) is 14.4 Å². The Kier molecular flexibility index (Phi) is 5.05. The summed E-state index contributed by atoms with van der Waals surface area (Å²) in [5.41, 5.74) is 0. The van der Waals surface area contributed by atoms with Crippen LogP contribution < -0.4 is 10.6 Å². The van der Waals surface area contributed by atoms with E-state index >= 15 is 0 Å². The van der Waals surface area contributed by atoms with Gasteiger partial charge in [0.15, 0.2) is 5.13 Å². The summed E-state index contributed by atoms with van der Waals surface area (Å²) < 4.78 is 5.39. The average molecular weight is 368 g/mol. The molecule has 1 saturated heterocycles. The minimum atomic E-state index is -0.485. The average Bonchev–Trinajstić information content (AvgIpc) is 3.20. The van der Waals surface area contributed by atoms with E-state index in [2.05, 4.69) is 25.8 Å². The number of carbonyl (C=O) groups is 3. The molecule has 2 aromatic rings. The number of carbonyl (C=O) groups excluding carboxylic acids is 3. The predicted molar refractivity (Wildman–Crippen MR) is 84.3 cm³/mol. The van der Waals surface area contributed by atoms with E-state index in [1.54, 1.807) is 11.6 Å². The molecule has 2 N–H and O–H groups in total. The Morgan fingerprint density at radius 1 is 1.46 bits per heavy atom. The molecule has 3 rings (SSSR count). The first-order valence-electron chi connectivity index (χ1n) is 6.83. The number of anilines is 1. The van der Waals surface area contributed by atoms with Crippen LogP contribution in [0.3, 0.4) is 0 Å². The van der Waals surface area contributed by atoms with E-state index in [1.807, 2.05) is 0 Å². The number of aromatic nitrogens is 3. The van der Waals surface area contributed by atoms with Crippen molar-refractivity contribution in [3.8, 4) is 0 Å². The number of amides is 4. The molecule has 0 aromatic carbocycles. The number of rotatable bonds is 6. The molecule has 2 aromatic heterocycles. The van der Waals surface area contributed by atoms with Crippen molar-refractivity contribution in [2.75, 3.05) is 17.6 Å². The lowest BCUT2D eigenvalue weighted by molar-refractivity contribution is -0.121. The van der Waals surface area contributed by atoms with Gasteiger partial charge in [0.05, 0.1) is 5.75 Å². The summed E-state index contributed by atoms with van der Waals surface area (Å²) in [6.45, 7) is 0.406. The third-order valence-corrected chi connectivity index (χ3v) is 4.43. The highest BCUT2D eigenvalue weighted by molar-refractivity contribution is 7.99. The van der Waals surface area contributed by atoms with Gasteiger partial charge in [-0.05, 0) is 0 Å². The van der Waals surface area contributed by atoms with Crippen LogP contribution >= 0.6 is 23.1 Å². The van der Waals surface area contributed by atoms with E-state index in [-0.39, 0.29) is 41.6 Å². The number of hydrogen-bond donors (Lipinski definition) is 2. The molecule has 0 unspecified atom stereocenters. The number of thioether (sulfide) groups is 1. The van der Waals surface area contributed by atoms with Gasteiger partial charge in [0.1, 0.15) is 6.54 Å². The maximum Gasteiger partial charge on any atom is 0.324 e. The predicted octanol–water partition coefficient (Wildman–Crippen LogP) is 0.699. The topological polar surface area (TPSA) is 130 Å². The first-order chi connectivity index (χ1) is 11.6. The molecule has 0 atom stereocenters. The zero-order chi connectivity index (χ0) is 16.9. The van der Waals surface area contributed by atoms with Crippen LogP contribution in [-0.4, -0.2) is 50.2 Å². The van der Waals surface area contributed by atoms with E-state index in [0.29, 0.717) is 11.7 Å². The summed E-state index contributed by atoms with van der Waals surface area (Å²) in [4.78, 5) is 39.8. The van der Waals surface area contributed by atoms with Crippen LogP contribution in [0.5, 0.6) is 0 Å². The maximum absolute atomic E-state index is 11.7. The fourth-order valence-corrected chi connectivity index (χ4v) is 2.97. The first kappa shape index (κ1) is 16.4. The van der Waals surface area contributed by atoms with Crippen molar-refractivity contribution in [3.63, 3.8) is 0 Å².